The number of nitrogens with zero attached hydrogens (tertiary/aromatic N) is 3. The zero-order chi connectivity index (χ0) is 23.2. The van der Waals surface area contributed by atoms with E-state index >= 15 is 0 Å². The number of hydrogen-bond acceptors (Lipinski definition) is 6. The summed E-state index contributed by atoms with van der Waals surface area (Å²) in [5.41, 5.74) is 2.24. The van der Waals surface area contributed by atoms with Crippen molar-refractivity contribution < 1.29 is 9.53 Å². The first-order chi connectivity index (χ1) is 16.0. The Hall–Kier alpha value is -2.97. The summed E-state index contributed by atoms with van der Waals surface area (Å²) in [6.07, 6.45) is 6.94. The SMILES string of the molecule is C/C=C/C(=O)Nc1cc2c(Nc3cccc(Br)c3)ncnc2cc1OCC1CCN(C)CC1. The number of ether oxygens (including phenoxy) is 1. The van der Waals surface area contributed by atoms with E-state index < -0.39 is 0 Å². The van der Waals surface area contributed by atoms with E-state index in [1.54, 1.807) is 6.08 Å². The van der Waals surface area contributed by atoms with Crippen molar-refractivity contribution in [2.75, 3.05) is 37.4 Å². The quantitative estimate of drug-likeness (QED) is 0.416. The van der Waals surface area contributed by atoms with Crippen LogP contribution >= 0.6 is 15.9 Å². The minimum Gasteiger partial charge on any atom is -0.491 e. The second-order valence-corrected chi connectivity index (χ2v) is 9.19. The summed E-state index contributed by atoms with van der Waals surface area (Å²) in [6, 6.07) is 11.6. The summed E-state index contributed by atoms with van der Waals surface area (Å²) < 4.78 is 7.20. The highest BCUT2D eigenvalue weighted by Crippen LogP contribution is 2.34. The number of anilines is 3. The van der Waals surface area contributed by atoms with E-state index in [0.717, 1.165) is 47.0 Å². The topological polar surface area (TPSA) is 79.4 Å². The number of allylic oxidation sites excluding steroid dienone is 1. The molecule has 7 nitrogen and oxygen atoms in total. The Morgan fingerprint density at radius 1 is 1.24 bits per heavy atom. The number of carbonyl (C=O) groups is 1. The molecule has 0 saturated carbocycles. The molecule has 8 heteroatoms. The lowest BCUT2D eigenvalue weighted by molar-refractivity contribution is -0.111. The van der Waals surface area contributed by atoms with Crippen molar-refractivity contribution >= 4 is 49.9 Å². The Labute approximate surface area is 202 Å². The molecule has 0 bridgehead atoms. The number of amides is 1. The predicted octanol–water partition coefficient (Wildman–Crippen LogP) is 5.37. The molecule has 0 atom stereocenters. The van der Waals surface area contributed by atoms with Crippen LogP contribution in [0.3, 0.4) is 0 Å². The first-order valence-electron chi connectivity index (χ1n) is 11.1. The summed E-state index contributed by atoms with van der Waals surface area (Å²) in [4.78, 5) is 23.6. The van der Waals surface area contributed by atoms with Gasteiger partial charge in [0.25, 0.3) is 0 Å². The number of hydrogen-bond donors (Lipinski definition) is 2. The van der Waals surface area contributed by atoms with Crippen LogP contribution in [0.1, 0.15) is 19.8 Å². The maximum absolute atomic E-state index is 12.3. The summed E-state index contributed by atoms with van der Waals surface area (Å²) >= 11 is 3.50. The minimum atomic E-state index is -0.209. The molecular weight excluding hydrogens is 482 g/mol. The van der Waals surface area contributed by atoms with E-state index in [1.165, 1.54) is 12.4 Å². The molecule has 0 unspecified atom stereocenters. The Balaban J connectivity index is 1.65. The predicted molar refractivity (Wildman–Crippen MR) is 136 cm³/mol. The molecule has 4 rings (SSSR count). The van der Waals surface area contributed by atoms with Gasteiger partial charge in [-0.15, -0.1) is 0 Å². The first kappa shape index (κ1) is 23.2. The molecule has 0 radical (unpaired) electrons. The van der Waals surface area contributed by atoms with E-state index in [2.05, 4.69) is 48.5 Å². The minimum absolute atomic E-state index is 0.209. The molecule has 1 aliphatic rings. The van der Waals surface area contributed by atoms with Crippen molar-refractivity contribution in [1.82, 2.24) is 14.9 Å². The average Bonchev–Trinajstić information content (AvgIpc) is 2.79. The monoisotopic (exact) mass is 509 g/mol. The zero-order valence-electron chi connectivity index (χ0n) is 18.8. The lowest BCUT2D eigenvalue weighted by atomic mass is 9.98. The molecule has 3 aromatic rings. The van der Waals surface area contributed by atoms with Crippen molar-refractivity contribution in [2.24, 2.45) is 5.92 Å². The molecule has 0 aliphatic carbocycles. The van der Waals surface area contributed by atoms with Crippen molar-refractivity contribution in [2.45, 2.75) is 19.8 Å². The van der Waals surface area contributed by atoms with E-state index in [4.69, 9.17) is 4.74 Å². The third kappa shape index (κ3) is 6.09. The summed E-state index contributed by atoms with van der Waals surface area (Å²) in [7, 11) is 2.15. The van der Waals surface area contributed by atoms with E-state index in [0.29, 0.717) is 29.8 Å². The Kier molecular flexibility index (Phi) is 7.57. The third-order valence-corrected chi connectivity index (χ3v) is 6.21. The molecule has 172 valence electrons. The van der Waals surface area contributed by atoms with Gasteiger partial charge in [0.05, 0.1) is 17.8 Å². The van der Waals surface area contributed by atoms with Crippen LogP contribution in [-0.2, 0) is 4.79 Å². The molecular formula is C25H28BrN5O2. The molecule has 33 heavy (non-hydrogen) atoms. The van der Waals surface area contributed by atoms with Crippen LogP contribution < -0.4 is 15.4 Å². The van der Waals surface area contributed by atoms with Gasteiger partial charge in [-0.3, -0.25) is 4.79 Å². The van der Waals surface area contributed by atoms with E-state index in [-0.39, 0.29) is 5.91 Å². The van der Waals surface area contributed by atoms with Crippen LogP contribution in [0.5, 0.6) is 5.75 Å². The Morgan fingerprint density at radius 2 is 2.06 bits per heavy atom. The standard InChI is InChI=1S/C25H28BrN5O2/c1-3-5-24(32)30-22-13-20-21(14-23(22)33-15-17-8-10-31(2)11-9-17)27-16-28-25(20)29-19-7-4-6-18(26)12-19/h3-7,12-14,16-17H,8-11,15H2,1-2H3,(H,30,32)(H,27,28,29)/b5-3+. The highest BCUT2D eigenvalue weighted by Gasteiger charge is 2.19. The number of likely N-dealkylation sites (tertiary alicyclic amines) is 1. The molecule has 2 N–H and O–H groups in total. The fraction of sp³-hybridized carbons (Fsp3) is 0.320. The number of halogens is 1. The van der Waals surface area contributed by atoms with Crippen LogP contribution in [0.25, 0.3) is 10.9 Å². The van der Waals surface area contributed by atoms with Crippen LogP contribution in [0.15, 0.2) is 59.4 Å². The lowest BCUT2D eigenvalue weighted by Crippen LogP contribution is -2.32. The molecule has 2 heterocycles. The second-order valence-electron chi connectivity index (χ2n) is 8.27. The van der Waals surface area contributed by atoms with Crippen LogP contribution in [0.4, 0.5) is 17.2 Å². The summed E-state index contributed by atoms with van der Waals surface area (Å²) in [5.74, 6) is 1.56. The van der Waals surface area contributed by atoms with Gasteiger partial charge in [-0.2, -0.15) is 0 Å². The smallest absolute Gasteiger partial charge is 0.248 e. The highest BCUT2D eigenvalue weighted by atomic mass is 79.9. The van der Waals surface area contributed by atoms with Crippen molar-refractivity contribution in [3.63, 3.8) is 0 Å². The molecule has 1 saturated heterocycles. The van der Waals surface area contributed by atoms with Crippen LogP contribution in [0, 0.1) is 5.92 Å². The van der Waals surface area contributed by atoms with Crippen molar-refractivity contribution in [3.8, 4) is 5.75 Å². The molecule has 1 aliphatic heterocycles. The number of carbonyl (C=O) groups excluding carboxylic acids is 1. The van der Waals surface area contributed by atoms with Crippen LogP contribution in [0.2, 0.25) is 0 Å². The number of fused-ring (bicyclic) bond motifs is 1. The van der Waals surface area contributed by atoms with Crippen molar-refractivity contribution in [1.29, 1.82) is 0 Å². The second kappa shape index (κ2) is 10.8. The largest absolute Gasteiger partial charge is 0.491 e. The van der Waals surface area contributed by atoms with Gasteiger partial charge in [0, 0.05) is 21.6 Å². The highest BCUT2D eigenvalue weighted by molar-refractivity contribution is 9.10. The molecule has 1 fully saturated rings. The fourth-order valence-corrected chi connectivity index (χ4v) is 4.26. The molecule has 2 aromatic carbocycles. The number of piperidine rings is 1. The Bertz CT molecular complexity index is 1160. The van der Waals surface area contributed by atoms with Crippen molar-refractivity contribution in [3.05, 3.63) is 59.4 Å². The van der Waals surface area contributed by atoms with Gasteiger partial charge in [-0.05, 0) is 76.2 Å². The van der Waals surface area contributed by atoms with E-state index in [1.807, 2.05) is 43.3 Å². The van der Waals surface area contributed by atoms with E-state index in [9.17, 15) is 4.79 Å². The number of rotatable bonds is 7. The lowest BCUT2D eigenvalue weighted by Gasteiger charge is -2.29. The molecule has 1 aromatic heterocycles. The number of nitrogens with one attached hydrogen (secondary N) is 2. The zero-order valence-corrected chi connectivity index (χ0v) is 20.4. The van der Waals surface area contributed by atoms with Gasteiger partial charge in [0.15, 0.2) is 0 Å². The Morgan fingerprint density at radius 3 is 2.82 bits per heavy atom. The maximum Gasteiger partial charge on any atom is 0.248 e. The van der Waals surface area contributed by atoms with Gasteiger partial charge in [-0.1, -0.05) is 28.1 Å². The first-order valence-corrected chi connectivity index (χ1v) is 11.9. The number of benzene rings is 2. The number of aromatic nitrogens is 2. The summed E-state index contributed by atoms with van der Waals surface area (Å²) in [5, 5.41) is 7.09. The summed E-state index contributed by atoms with van der Waals surface area (Å²) in [6.45, 7) is 4.58. The third-order valence-electron chi connectivity index (χ3n) is 5.71. The normalized spacial score (nSPS) is 15.1. The molecule has 1 amide bonds. The average molecular weight is 510 g/mol. The van der Waals surface area contributed by atoms with Crippen LogP contribution in [-0.4, -0.2) is 47.5 Å². The van der Waals surface area contributed by atoms with Gasteiger partial charge in [0.2, 0.25) is 5.91 Å². The van der Waals surface area contributed by atoms with Gasteiger partial charge in [-0.25, -0.2) is 9.97 Å². The molecule has 0 spiro atoms. The van der Waals surface area contributed by atoms with Gasteiger partial charge >= 0.3 is 0 Å². The fourth-order valence-electron chi connectivity index (χ4n) is 3.87. The van der Waals surface area contributed by atoms with Gasteiger partial charge < -0.3 is 20.3 Å². The maximum atomic E-state index is 12.3. The van der Waals surface area contributed by atoms with Gasteiger partial charge in [0.1, 0.15) is 17.9 Å².